The van der Waals surface area contributed by atoms with E-state index in [0.717, 1.165) is 37.9 Å². The molecule has 0 unspecified atom stereocenters. The van der Waals surface area contributed by atoms with Crippen molar-refractivity contribution in [3.63, 3.8) is 0 Å². The molecule has 2 rings (SSSR count). The van der Waals surface area contributed by atoms with Crippen molar-refractivity contribution in [2.45, 2.75) is 44.9 Å². The summed E-state index contributed by atoms with van der Waals surface area (Å²) in [4.78, 5) is 21.9. The molecule has 0 saturated heterocycles. The van der Waals surface area contributed by atoms with E-state index in [9.17, 15) is 9.59 Å². The number of unbranched alkanes of at least 4 members (excludes halogenated alkanes) is 1. The van der Waals surface area contributed by atoms with Gasteiger partial charge >= 0.3 is 5.97 Å². The van der Waals surface area contributed by atoms with Crippen molar-refractivity contribution in [1.29, 1.82) is 0 Å². The van der Waals surface area contributed by atoms with Gasteiger partial charge in [0.25, 0.3) is 0 Å². The second-order valence-electron chi connectivity index (χ2n) is 5.54. The maximum atomic E-state index is 11.0. The number of carbonyl (C=O) groups excluding carboxylic acids is 2. The van der Waals surface area contributed by atoms with E-state index in [1.165, 1.54) is 25.5 Å². The second-order valence-corrected chi connectivity index (χ2v) is 5.54. The van der Waals surface area contributed by atoms with Crippen LogP contribution in [-0.4, -0.2) is 19.4 Å². The van der Waals surface area contributed by atoms with E-state index in [2.05, 4.69) is 10.8 Å². The Labute approximate surface area is 109 Å². The van der Waals surface area contributed by atoms with Gasteiger partial charge in [0.05, 0.1) is 7.11 Å². The Morgan fingerprint density at radius 1 is 1.39 bits per heavy atom. The standard InChI is InChI=1S/C15H22O3/c1-18-15(17)5-3-2-4-11-8-12-6-7-13(10-16)14(12)9-11/h4,10,12-14H,2-3,5-9H2,1H3/b11-4-/t12-,13+,14-/m0/s1. The van der Waals surface area contributed by atoms with Crippen LogP contribution in [0.15, 0.2) is 11.6 Å². The van der Waals surface area contributed by atoms with E-state index in [1.807, 2.05) is 0 Å². The Hall–Kier alpha value is -1.12. The number of aldehydes is 1. The largest absolute Gasteiger partial charge is 0.469 e. The number of esters is 1. The number of fused-ring (bicyclic) bond motifs is 1. The first-order valence-electron chi connectivity index (χ1n) is 6.94. The molecule has 2 saturated carbocycles. The van der Waals surface area contributed by atoms with Crippen molar-refractivity contribution in [2.24, 2.45) is 17.8 Å². The van der Waals surface area contributed by atoms with E-state index in [-0.39, 0.29) is 5.97 Å². The molecule has 100 valence electrons. The Morgan fingerprint density at radius 3 is 2.94 bits per heavy atom. The highest BCUT2D eigenvalue weighted by Gasteiger charge is 2.40. The zero-order chi connectivity index (χ0) is 13.0. The number of hydrogen-bond donors (Lipinski definition) is 0. The molecule has 0 spiro atoms. The van der Waals surface area contributed by atoms with Crippen LogP contribution >= 0.6 is 0 Å². The molecular formula is C15H22O3. The van der Waals surface area contributed by atoms with Crippen LogP contribution in [0.4, 0.5) is 0 Å². The van der Waals surface area contributed by atoms with Gasteiger partial charge in [0, 0.05) is 12.3 Å². The summed E-state index contributed by atoms with van der Waals surface area (Å²) in [6.07, 6.45) is 10.3. The lowest BCUT2D eigenvalue weighted by Crippen LogP contribution is -2.09. The van der Waals surface area contributed by atoms with Crippen molar-refractivity contribution in [1.82, 2.24) is 0 Å². The van der Waals surface area contributed by atoms with Crippen molar-refractivity contribution >= 4 is 12.3 Å². The van der Waals surface area contributed by atoms with E-state index < -0.39 is 0 Å². The minimum Gasteiger partial charge on any atom is -0.469 e. The quantitative estimate of drug-likeness (QED) is 0.326. The molecule has 0 aromatic rings. The van der Waals surface area contributed by atoms with Gasteiger partial charge < -0.3 is 9.53 Å². The van der Waals surface area contributed by atoms with E-state index in [4.69, 9.17) is 0 Å². The number of hydrogen-bond acceptors (Lipinski definition) is 3. The molecule has 0 aromatic heterocycles. The molecule has 2 fully saturated rings. The van der Waals surface area contributed by atoms with Gasteiger partial charge in [-0.3, -0.25) is 4.79 Å². The van der Waals surface area contributed by atoms with Gasteiger partial charge in [-0.15, -0.1) is 0 Å². The summed E-state index contributed by atoms with van der Waals surface area (Å²) in [7, 11) is 1.43. The third-order valence-electron chi connectivity index (χ3n) is 4.47. The van der Waals surface area contributed by atoms with Crippen LogP contribution < -0.4 is 0 Å². The van der Waals surface area contributed by atoms with Gasteiger partial charge in [0.2, 0.25) is 0 Å². The van der Waals surface area contributed by atoms with E-state index in [0.29, 0.717) is 18.3 Å². The summed E-state index contributed by atoms with van der Waals surface area (Å²) in [6.45, 7) is 0. The molecule has 18 heavy (non-hydrogen) atoms. The van der Waals surface area contributed by atoms with E-state index >= 15 is 0 Å². The van der Waals surface area contributed by atoms with Crippen LogP contribution in [0.5, 0.6) is 0 Å². The molecule has 3 nitrogen and oxygen atoms in total. The Balaban J connectivity index is 1.75. The number of allylic oxidation sites excluding steroid dienone is 2. The number of rotatable bonds is 5. The third-order valence-corrected chi connectivity index (χ3v) is 4.47. The molecule has 2 aliphatic carbocycles. The minimum atomic E-state index is -0.127. The molecule has 0 heterocycles. The molecule has 0 aliphatic heterocycles. The molecular weight excluding hydrogens is 228 g/mol. The first-order valence-corrected chi connectivity index (χ1v) is 6.94. The predicted molar refractivity (Wildman–Crippen MR) is 69.0 cm³/mol. The lowest BCUT2D eigenvalue weighted by Gasteiger charge is -2.10. The number of carbonyl (C=O) groups is 2. The van der Waals surface area contributed by atoms with Gasteiger partial charge in [-0.25, -0.2) is 0 Å². The van der Waals surface area contributed by atoms with Gasteiger partial charge in [-0.1, -0.05) is 11.6 Å². The summed E-state index contributed by atoms with van der Waals surface area (Å²) in [6, 6.07) is 0. The zero-order valence-corrected chi connectivity index (χ0v) is 11.1. The minimum absolute atomic E-state index is 0.127. The Kier molecular flexibility index (Phi) is 4.56. The Bertz CT molecular complexity index is 346. The molecule has 0 N–H and O–H groups in total. The summed E-state index contributed by atoms with van der Waals surface area (Å²) in [5.74, 6) is 1.52. The average molecular weight is 250 g/mol. The highest BCUT2D eigenvalue weighted by atomic mass is 16.5. The van der Waals surface area contributed by atoms with Gasteiger partial charge in [0.1, 0.15) is 6.29 Å². The lowest BCUT2D eigenvalue weighted by atomic mass is 9.93. The molecule has 3 heteroatoms. The molecule has 3 atom stereocenters. The molecule has 0 amide bonds. The number of ether oxygens (including phenoxy) is 1. The van der Waals surface area contributed by atoms with Crippen LogP contribution in [0.3, 0.4) is 0 Å². The fourth-order valence-electron chi connectivity index (χ4n) is 3.47. The van der Waals surface area contributed by atoms with Crippen molar-refractivity contribution in [3.8, 4) is 0 Å². The predicted octanol–water partition coefficient (Wildman–Crippen LogP) is 2.89. The van der Waals surface area contributed by atoms with Crippen molar-refractivity contribution < 1.29 is 14.3 Å². The van der Waals surface area contributed by atoms with Gasteiger partial charge in [-0.05, 0) is 50.4 Å². The first kappa shape index (κ1) is 13.3. The average Bonchev–Trinajstić information content (AvgIpc) is 2.93. The summed E-state index contributed by atoms with van der Waals surface area (Å²) >= 11 is 0. The van der Waals surface area contributed by atoms with Crippen molar-refractivity contribution in [3.05, 3.63) is 11.6 Å². The van der Waals surface area contributed by atoms with Crippen LogP contribution in [0, 0.1) is 17.8 Å². The molecule has 0 radical (unpaired) electrons. The van der Waals surface area contributed by atoms with Crippen LogP contribution in [0.1, 0.15) is 44.9 Å². The summed E-state index contributed by atoms with van der Waals surface area (Å²) in [5.41, 5.74) is 1.50. The first-order chi connectivity index (χ1) is 8.74. The monoisotopic (exact) mass is 250 g/mol. The highest BCUT2D eigenvalue weighted by Crippen LogP contribution is 2.49. The fraction of sp³-hybridized carbons (Fsp3) is 0.733. The Morgan fingerprint density at radius 2 is 2.22 bits per heavy atom. The highest BCUT2D eigenvalue weighted by molar-refractivity contribution is 5.69. The SMILES string of the molecule is COC(=O)CCC/C=C1/C[C@@H]2CC[C@H](C=O)[C@H]2C1. The maximum absolute atomic E-state index is 11.0. The number of methoxy groups -OCH3 is 1. The van der Waals surface area contributed by atoms with Crippen LogP contribution in [0.25, 0.3) is 0 Å². The second kappa shape index (κ2) is 6.17. The van der Waals surface area contributed by atoms with Gasteiger partial charge in [0.15, 0.2) is 0 Å². The lowest BCUT2D eigenvalue weighted by molar-refractivity contribution is -0.140. The topological polar surface area (TPSA) is 43.4 Å². The summed E-state index contributed by atoms with van der Waals surface area (Å²) < 4.78 is 4.61. The van der Waals surface area contributed by atoms with E-state index in [1.54, 1.807) is 0 Å². The third kappa shape index (κ3) is 3.01. The van der Waals surface area contributed by atoms with Crippen LogP contribution in [-0.2, 0) is 14.3 Å². The zero-order valence-electron chi connectivity index (χ0n) is 11.1. The fourth-order valence-corrected chi connectivity index (χ4v) is 3.47. The maximum Gasteiger partial charge on any atom is 0.305 e. The smallest absolute Gasteiger partial charge is 0.305 e. The van der Waals surface area contributed by atoms with Crippen LogP contribution in [0.2, 0.25) is 0 Å². The molecule has 2 aliphatic rings. The van der Waals surface area contributed by atoms with Crippen molar-refractivity contribution in [2.75, 3.05) is 7.11 Å². The normalized spacial score (nSPS) is 32.5. The molecule has 0 bridgehead atoms. The molecule has 0 aromatic carbocycles. The van der Waals surface area contributed by atoms with Gasteiger partial charge in [-0.2, -0.15) is 0 Å². The summed E-state index contributed by atoms with van der Waals surface area (Å²) in [5, 5.41) is 0.